The third kappa shape index (κ3) is 5.32. The molecule has 3 aromatic carbocycles. The molecule has 0 atom stereocenters. The van der Waals surface area contributed by atoms with Crippen molar-refractivity contribution in [3.8, 4) is 11.5 Å². The molecule has 33 heavy (non-hydrogen) atoms. The second kappa shape index (κ2) is 9.34. The van der Waals surface area contributed by atoms with Crippen LogP contribution in [-0.4, -0.2) is 36.0 Å². The molecule has 2 N–H and O–H groups in total. The van der Waals surface area contributed by atoms with Crippen LogP contribution in [0.4, 0.5) is 17.1 Å². The number of hydrogen-bond acceptors (Lipinski definition) is 8. The van der Waals surface area contributed by atoms with E-state index in [1.165, 1.54) is 50.6 Å². The zero-order chi connectivity index (χ0) is 24.2. The molecule has 11 nitrogen and oxygen atoms in total. The van der Waals surface area contributed by atoms with Crippen LogP contribution >= 0.6 is 0 Å². The van der Waals surface area contributed by atoms with Crippen molar-refractivity contribution in [3.63, 3.8) is 0 Å². The molecular formula is C20H19N3O8S2. The lowest BCUT2D eigenvalue weighted by Crippen LogP contribution is -2.17. The largest absolute Gasteiger partial charge is 0.497 e. The predicted molar refractivity (Wildman–Crippen MR) is 121 cm³/mol. The summed E-state index contributed by atoms with van der Waals surface area (Å²) in [5.41, 5.74) is -0.587. The smallest absolute Gasteiger partial charge is 0.289 e. The van der Waals surface area contributed by atoms with Crippen molar-refractivity contribution >= 4 is 37.1 Å². The van der Waals surface area contributed by atoms with Crippen molar-refractivity contribution in [2.45, 2.75) is 9.79 Å². The summed E-state index contributed by atoms with van der Waals surface area (Å²) in [7, 11) is -5.82. The molecule has 0 aliphatic heterocycles. The lowest BCUT2D eigenvalue weighted by molar-refractivity contribution is -0.387. The van der Waals surface area contributed by atoms with E-state index >= 15 is 0 Å². The van der Waals surface area contributed by atoms with E-state index in [-0.39, 0.29) is 22.0 Å². The van der Waals surface area contributed by atoms with Gasteiger partial charge in [-0.3, -0.25) is 19.6 Å². The van der Waals surface area contributed by atoms with E-state index in [9.17, 15) is 26.9 Å². The van der Waals surface area contributed by atoms with Gasteiger partial charge in [0, 0.05) is 11.8 Å². The number of rotatable bonds is 9. The SMILES string of the molecule is COc1ccc(NS(=O)(=O)c2ccc(OC)c(NS(=O)(=O)c3ccccc3[N+](=O)[O-])c2)cc1. The van der Waals surface area contributed by atoms with Crippen LogP contribution in [0.3, 0.4) is 0 Å². The van der Waals surface area contributed by atoms with Gasteiger partial charge in [0.1, 0.15) is 11.5 Å². The molecule has 3 aromatic rings. The number of sulfonamides is 2. The first-order valence-corrected chi connectivity index (χ1v) is 12.1. The van der Waals surface area contributed by atoms with Crippen molar-refractivity contribution in [2.75, 3.05) is 23.7 Å². The van der Waals surface area contributed by atoms with Crippen LogP contribution in [0.1, 0.15) is 0 Å². The number of nitrogens with one attached hydrogen (secondary N) is 2. The van der Waals surface area contributed by atoms with Crippen LogP contribution in [0.25, 0.3) is 0 Å². The summed E-state index contributed by atoms with van der Waals surface area (Å²) in [5, 5.41) is 11.2. The van der Waals surface area contributed by atoms with Crippen LogP contribution in [0.15, 0.2) is 76.5 Å². The summed E-state index contributed by atoms with van der Waals surface area (Å²) in [6.45, 7) is 0. The van der Waals surface area contributed by atoms with E-state index in [2.05, 4.69) is 9.44 Å². The van der Waals surface area contributed by atoms with Gasteiger partial charge in [-0.1, -0.05) is 12.1 Å². The highest BCUT2D eigenvalue weighted by atomic mass is 32.2. The molecule has 0 saturated carbocycles. The molecule has 0 aliphatic rings. The van der Waals surface area contributed by atoms with Crippen LogP contribution < -0.4 is 18.9 Å². The van der Waals surface area contributed by atoms with Gasteiger partial charge in [0.2, 0.25) is 0 Å². The maximum atomic E-state index is 12.9. The van der Waals surface area contributed by atoms with Crippen molar-refractivity contribution in [2.24, 2.45) is 0 Å². The number of para-hydroxylation sites is 1. The topological polar surface area (TPSA) is 154 Å². The Morgan fingerprint density at radius 2 is 1.48 bits per heavy atom. The number of anilines is 2. The Labute approximate surface area is 190 Å². The Kier molecular flexibility index (Phi) is 6.74. The number of ether oxygens (including phenoxy) is 2. The highest BCUT2D eigenvalue weighted by Gasteiger charge is 2.27. The maximum Gasteiger partial charge on any atom is 0.289 e. The zero-order valence-corrected chi connectivity index (χ0v) is 19.0. The molecule has 0 aromatic heterocycles. The van der Waals surface area contributed by atoms with Crippen LogP contribution in [0.2, 0.25) is 0 Å². The highest BCUT2D eigenvalue weighted by Crippen LogP contribution is 2.32. The average Bonchev–Trinajstić information content (AvgIpc) is 2.79. The van der Waals surface area contributed by atoms with Gasteiger partial charge in [-0.15, -0.1) is 0 Å². The highest BCUT2D eigenvalue weighted by molar-refractivity contribution is 7.93. The quantitative estimate of drug-likeness (QED) is 0.340. The van der Waals surface area contributed by atoms with Gasteiger partial charge < -0.3 is 9.47 Å². The first-order chi connectivity index (χ1) is 15.6. The summed E-state index contributed by atoms with van der Waals surface area (Å²) in [6.07, 6.45) is 0. The third-order valence-electron chi connectivity index (χ3n) is 4.42. The Hall–Kier alpha value is -3.84. The van der Waals surface area contributed by atoms with E-state index in [1.807, 2.05) is 0 Å². The molecule has 0 fully saturated rings. The van der Waals surface area contributed by atoms with Gasteiger partial charge >= 0.3 is 0 Å². The second-order valence-corrected chi connectivity index (χ2v) is 9.86. The minimum atomic E-state index is -4.45. The standard InChI is InChI=1S/C20H19N3O8S2/c1-30-15-9-7-14(8-10-15)21-32(26,27)16-11-12-19(31-2)17(13-16)22-33(28,29)20-6-4-3-5-18(20)23(24)25/h3-13,21-22H,1-2H3. The van der Waals surface area contributed by atoms with Crippen LogP contribution in [0, 0.1) is 10.1 Å². The number of nitro benzene ring substituents is 1. The van der Waals surface area contributed by atoms with Gasteiger partial charge in [-0.05, 0) is 48.5 Å². The van der Waals surface area contributed by atoms with Crippen LogP contribution in [-0.2, 0) is 20.0 Å². The molecule has 3 rings (SSSR count). The first-order valence-electron chi connectivity index (χ1n) is 9.18. The number of nitrogens with zero attached hydrogens (tertiary/aromatic N) is 1. The zero-order valence-electron chi connectivity index (χ0n) is 17.4. The molecule has 174 valence electrons. The molecule has 0 bridgehead atoms. The molecule has 0 unspecified atom stereocenters. The molecule has 0 heterocycles. The maximum absolute atomic E-state index is 12.9. The summed E-state index contributed by atoms with van der Waals surface area (Å²) < 4.78 is 66.1. The number of methoxy groups -OCH3 is 2. The van der Waals surface area contributed by atoms with E-state index in [0.29, 0.717) is 5.75 Å². The van der Waals surface area contributed by atoms with Crippen molar-refractivity contribution in [1.82, 2.24) is 0 Å². The molecule has 0 spiro atoms. The second-order valence-electron chi connectivity index (χ2n) is 6.53. The van der Waals surface area contributed by atoms with Crippen LogP contribution in [0.5, 0.6) is 11.5 Å². The number of benzene rings is 3. The third-order valence-corrected chi connectivity index (χ3v) is 7.21. The summed E-state index contributed by atoms with van der Waals surface area (Å²) in [4.78, 5) is 9.56. The minimum absolute atomic E-state index is 0.0144. The van der Waals surface area contributed by atoms with E-state index in [4.69, 9.17) is 9.47 Å². The molecule has 0 amide bonds. The van der Waals surface area contributed by atoms with Gasteiger partial charge in [0.15, 0.2) is 4.90 Å². The average molecular weight is 494 g/mol. The van der Waals surface area contributed by atoms with Crippen molar-refractivity contribution in [1.29, 1.82) is 0 Å². The van der Waals surface area contributed by atoms with Gasteiger partial charge in [-0.2, -0.15) is 0 Å². The Balaban J connectivity index is 1.98. The Morgan fingerprint density at radius 1 is 0.818 bits per heavy atom. The normalized spacial score (nSPS) is 11.5. The lowest BCUT2D eigenvalue weighted by atomic mass is 10.3. The van der Waals surface area contributed by atoms with Crippen molar-refractivity contribution in [3.05, 3.63) is 76.8 Å². The monoisotopic (exact) mass is 493 g/mol. The first kappa shape index (κ1) is 23.8. The molecular weight excluding hydrogens is 474 g/mol. The molecule has 0 aliphatic carbocycles. The fourth-order valence-electron chi connectivity index (χ4n) is 2.84. The molecule has 0 saturated heterocycles. The van der Waals surface area contributed by atoms with Gasteiger partial charge in [0.05, 0.1) is 29.7 Å². The molecule has 0 radical (unpaired) electrons. The fourth-order valence-corrected chi connectivity index (χ4v) is 5.16. The number of nitro groups is 1. The van der Waals surface area contributed by atoms with E-state index in [0.717, 1.165) is 18.2 Å². The van der Waals surface area contributed by atoms with Gasteiger partial charge in [0.25, 0.3) is 25.7 Å². The van der Waals surface area contributed by atoms with Crippen molar-refractivity contribution < 1.29 is 31.2 Å². The number of hydrogen-bond donors (Lipinski definition) is 2. The summed E-state index contributed by atoms with van der Waals surface area (Å²) >= 11 is 0. The summed E-state index contributed by atoms with van der Waals surface area (Å²) in [5.74, 6) is 0.551. The van der Waals surface area contributed by atoms with Gasteiger partial charge in [-0.25, -0.2) is 16.8 Å². The predicted octanol–water partition coefficient (Wildman–Crippen LogP) is 3.21. The lowest BCUT2D eigenvalue weighted by Gasteiger charge is -2.14. The Bertz CT molecular complexity index is 1390. The summed E-state index contributed by atoms with van der Waals surface area (Å²) in [6, 6.07) is 14.5. The van der Waals surface area contributed by atoms with E-state index in [1.54, 1.807) is 12.1 Å². The Morgan fingerprint density at radius 3 is 2.09 bits per heavy atom. The van der Waals surface area contributed by atoms with E-state index < -0.39 is 35.6 Å². The fraction of sp³-hybridized carbons (Fsp3) is 0.100. The molecule has 13 heteroatoms. The minimum Gasteiger partial charge on any atom is -0.497 e.